The molecule has 0 radical (unpaired) electrons. The number of hydrogen-bond acceptors (Lipinski definition) is 3. The predicted molar refractivity (Wildman–Crippen MR) is 90.1 cm³/mol. The van der Waals surface area contributed by atoms with Crippen LogP contribution in [0, 0.1) is 0 Å². The lowest BCUT2D eigenvalue weighted by Crippen LogP contribution is -2.36. The van der Waals surface area contributed by atoms with E-state index in [-0.39, 0.29) is 0 Å². The van der Waals surface area contributed by atoms with Gasteiger partial charge in [0.25, 0.3) is 0 Å². The molecule has 3 rings (SSSR count). The van der Waals surface area contributed by atoms with Crippen LogP contribution in [0.3, 0.4) is 0 Å². The Morgan fingerprint density at radius 1 is 1.30 bits per heavy atom. The molecule has 2 aromatic rings. The van der Waals surface area contributed by atoms with E-state index in [9.17, 15) is 0 Å². The van der Waals surface area contributed by atoms with Crippen LogP contribution in [0.1, 0.15) is 47.4 Å². The Balaban J connectivity index is 1.71. The van der Waals surface area contributed by atoms with Gasteiger partial charge in [0.15, 0.2) is 0 Å². The van der Waals surface area contributed by atoms with Gasteiger partial charge in [0.05, 0.1) is 0 Å². The molecule has 3 heteroatoms. The van der Waals surface area contributed by atoms with Gasteiger partial charge in [-0.25, -0.2) is 0 Å². The van der Waals surface area contributed by atoms with Gasteiger partial charge in [-0.3, -0.25) is 0 Å². The first-order valence-corrected chi connectivity index (χ1v) is 9.46. The molecule has 2 heterocycles. The van der Waals surface area contributed by atoms with Crippen molar-refractivity contribution in [3.8, 4) is 0 Å². The fraction of sp³-hybridized carbons (Fsp3) is 0.529. The standard InChI is InChI=1S/C17H23NS2/c1-2-18-16(9-8-13-5-4-11-19-13)14-6-3-7-17-15(14)10-12-20-17/h4-5,10-12,14,16,18H,2-3,6-9H2,1H3. The first-order chi connectivity index (χ1) is 9.88. The Labute approximate surface area is 130 Å². The summed E-state index contributed by atoms with van der Waals surface area (Å²) < 4.78 is 0. The van der Waals surface area contributed by atoms with Crippen molar-refractivity contribution in [3.63, 3.8) is 0 Å². The molecule has 0 aromatic carbocycles. The molecule has 0 fully saturated rings. The van der Waals surface area contributed by atoms with Crippen molar-refractivity contribution in [1.82, 2.24) is 5.32 Å². The van der Waals surface area contributed by atoms with Crippen LogP contribution in [0.25, 0.3) is 0 Å². The molecule has 0 saturated carbocycles. The summed E-state index contributed by atoms with van der Waals surface area (Å²) >= 11 is 3.85. The molecule has 1 nitrogen and oxygen atoms in total. The summed E-state index contributed by atoms with van der Waals surface area (Å²) in [5, 5.41) is 8.23. The van der Waals surface area contributed by atoms with Crippen molar-refractivity contribution in [3.05, 3.63) is 44.3 Å². The summed E-state index contributed by atoms with van der Waals surface area (Å²) in [6.45, 7) is 3.31. The number of thiophene rings is 2. The van der Waals surface area contributed by atoms with Crippen molar-refractivity contribution in [2.75, 3.05) is 6.54 Å². The fourth-order valence-corrected chi connectivity index (χ4v) is 5.12. The summed E-state index contributed by atoms with van der Waals surface area (Å²) in [7, 11) is 0. The highest BCUT2D eigenvalue weighted by atomic mass is 32.1. The molecule has 1 aliphatic carbocycles. The number of likely N-dealkylation sites (N-methyl/N-ethyl adjacent to an activating group) is 1. The molecule has 1 N–H and O–H groups in total. The highest BCUT2D eigenvalue weighted by Gasteiger charge is 2.27. The van der Waals surface area contributed by atoms with Gasteiger partial charge in [-0.15, -0.1) is 22.7 Å². The minimum Gasteiger partial charge on any atom is -0.314 e. The van der Waals surface area contributed by atoms with Crippen molar-refractivity contribution in [2.45, 2.75) is 51.0 Å². The lowest BCUT2D eigenvalue weighted by Gasteiger charge is -2.31. The van der Waals surface area contributed by atoms with Gasteiger partial charge in [0.1, 0.15) is 0 Å². The van der Waals surface area contributed by atoms with E-state index in [0.29, 0.717) is 6.04 Å². The molecule has 0 bridgehead atoms. The largest absolute Gasteiger partial charge is 0.314 e. The Morgan fingerprint density at radius 2 is 2.25 bits per heavy atom. The highest BCUT2D eigenvalue weighted by Crippen LogP contribution is 2.38. The Morgan fingerprint density at radius 3 is 3.05 bits per heavy atom. The normalized spacial score (nSPS) is 19.8. The summed E-state index contributed by atoms with van der Waals surface area (Å²) in [6, 6.07) is 7.44. The molecule has 2 atom stereocenters. The number of aryl methyl sites for hydroxylation is 2. The van der Waals surface area contributed by atoms with Crippen LogP contribution in [0.5, 0.6) is 0 Å². The van der Waals surface area contributed by atoms with Gasteiger partial charge in [-0.2, -0.15) is 0 Å². The summed E-state index contributed by atoms with van der Waals surface area (Å²) in [4.78, 5) is 3.16. The van der Waals surface area contributed by atoms with E-state index in [0.717, 1.165) is 12.5 Å². The summed E-state index contributed by atoms with van der Waals surface area (Å²) in [5.74, 6) is 0.727. The number of rotatable bonds is 6. The van der Waals surface area contributed by atoms with Crippen molar-refractivity contribution in [1.29, 1.82) is 0 Å². The predicted octanol–water partition coefficient (Wildman–Crippen LogP) is 4.84. The molecular weight excluding hydrogens is 282 g/mol. The second-order valence-corrected chi connectivity index (χ2v) is 7.61. The van der Waals surface area contributed by atoms with E-state index in [1.807, 2.05) is 22.7 Å². The van der Waals surface area contributed by atoms with E-state index < -0.39 is 0 Å². The minimum atomic E-state index is 0.635. The SMILES string of the molecule is CCNC(CCc1cccs1)C1CCCc2sccc21. The van der Waals surface area contributed by atoms with E-state index in [4.69, 9.17) is 0 Å². The minimum absolute atomic E-state index is 0.635. The first kappa shape index (κ1) is 14.3. The van der Waals surface area contributed by atoms with Gasteiger partial charge >= 0.3 is 0 Å². The smallest absolute Gasteiger partial charge is 0.0139 e. The van der Waals surface area contributed by atoms with Crippen molar-refractivity contribution < 1.29 is 0 Å². The summed E-state index contributed by atoms with van der Waals surface area (Å²) in [5.41, 5.74) is 1.64. The Kier molecular flexibility index (Phi) is 4.92. The Bertz CT molecular complexity index is 515. The highest BCUT2D eigenvalue weighted by molar-refractivity contribution is 7.10. The second kappa shape index (κ2) is 6.88. The fourth-order valence-electron chi connectivity index (χ4n) is 3.40. The van der Waals surface area contributed by atoms with Crippen LogP contribution >= 0.6 is 22.7 Å². The molecular formula is C17H23NS2. The average Bonchev–Trinajstić information content (AvgIpc) is 3.13. The van der Waals surface area contributed by atoms with Gasteiger partial charge in [-0.05, 0) is 67.1 Å². The third-order valence-corrected chi connectivity index (χ3v) is 6.26. The molecule has 20 heavy (non-hydrogen) atoms. The van der Waals surface area contributed by atoms with E-state index >= 15 is 0 Å². The zero-order valence-electron chi connectivity index (χ0n) is 12.1. The second-order valence-electron chi connectivity index (χ2n) is 5.58. The number of fused-ring (bicyclic) bond motifs is 1. The van der Waals surface area contributed by atoms with E-state index in [1.54, 1.807) is 10.4 Å². The van der Waals surface area contributed by atoms with Crippen molar-refractivity contribution >= 4 is 22.7 Å². The van der Waals surface area contributed by atoms with Crippen LogP contribution in [0.2, 0.25) is 0 Å². The third-order valence-electron chi connectivity index (χ3n) is 4.33. The van der Waals surface area contributed by atoms with Gasteiger partial charge < -0.3 is 5.32 Å². The van der Waals surface area contributed by atoms with Crippen LogP contribution in [-0.4, -0.2) is 12.6 Å². The zero-order valence-corrected chi connectivity index (χ0v) is 13.7. The van der Waals surface area contributed by atoms with Gasteiger partial charge in [-0.1, -0.05) is 13.0 Å². The number of nitrogens with one attached hydrogen (secondary N) is 1. The van der Waals surface area contributed by atoms with E-state index in [2.05, 4.69) is 41.2 Å². The molecule has 2 aromatic heterocycles. The van der Waals surface area contributed by atoms with Gasteiger partial charge in [0, 0.05) is 21.7 Å². The lowest BCUT2D eigenvalue weighted by molar-refractivity contribution is 0.382. The molecule has 0 aliphatic heterocycles. The van der Waals surface area contributed by atoms with E-state index in [1.165, 1.54) is 37.0 Å². The molecule has 1 aliphatic rings. The van der Waals surface area contributed by atoms with Crippen LogP contribution in [-0.2, 0) is 12.8 Å². The summed E-state index contributed by atoms with van der Waals surface area (Å²) in [6.07, 6.45) is 6.48. The molecule has 2 unspecified atom stereocenters. The number of hydrogen-bond donors (Lipinski definition) is 1. The zero-order chi connectivity index (χ0) is 13.8. The Hall–Kier alpha value is -0.640. The maximum atomic E-state index is 3.75. The molecule has 0 spiro atoms. The molecule has 108 valence electrons. The molecule has 0 amide bonds. The van der Waals surface area contributed by atoms with Crippen LogP contribution in [0.15, 0.2) is 29.0 Å². The van der Waals surface area contributed by atoms with Crippen LogP contribution in [0.4, 0.5) is 0 Å². The van der Waals surface area contributed by atoms with Crippen LogP contribution < -0.4 is 5.32 Å². The quantitative estimate of drug-likeness (QED) is 0.805. The monoisotopic (exact) mass is 305 g/mol. The maximum absolute atomic E-state index is 3.75. The van der Waals surface area contributed by atoms with Gasteiger partial charge in [0.2, 0.25) is 0 Å². The lowest BCUT2D eigenvalue weighted by atomic mass is 9.81. The topological polar surface area (TPSA) is 12.0 Å². The average molecular weight is 306 g/mol. The first-order valence-electron chi connectivity index (χ1n) is 7.70. The molecule has 0 saturated heterocycles. The third kappa shape index (κ3) is 3.16. The van der Waals surface area contributed by atoms with Crippen molar-refractivity contribution in [2.24, 2.45) is 0 Å². The maximum Gasteiger partial charge on any atom is 0.0139 e.